The van der Waals surface area contributed by atoms with Crippen molar-refractivity contribution >= 4 is 6.09 Å². The molecule has 106 valence electrons. The number of rotatable bonds is 4. The molecule has 5 heteroatoms. The number of nitrogens with zero attached hydrogens (tertiary/aromatic N) is 1. The number of allylic oxidation sites excluding steroid dienone is 3. The molecule has 19 heavy (non-hydrogen) atoms. The molecule has 0 unspecified atom stereocenters. The first-order valence-electron chi connectivity index (χ1n) is 6.41. The molecule has 1 rings (SSSR count). The van der Waals surface area contributed by atoms with Crippen molar-refractivity contribution in [2.75, 3.05) is 32.8 Å². The molecule has 0 aromatic heterocycles. The summed E-state index contributed by atoms with van der Waals surface area (Å²) < 4.78 is 5.30. The Kier molecular flexibility index (Phi) is 6.15. The first kappa shape index (κ1) is 15.3. The van der Waals surface area contributed by atoms with E-state index in [0.29, 0.717) is 18.8 Å². The van der Waals surface area contributed by atoms with Crippen LogP contribution in [0.1, 0.15) is 13.8 Å². The standard InChI is InChI=1S/C14H23N3O2/c1-11(2)8-13(9-12(3)15)10-19-14(18)17-6-4-16-5-7-17/h8-9,16H,1,4-7,10,15H2,2-3H3/b12-9-,13-8+. The van der Waals surface area contributed by atoms with Gasteiger partial charge in [0, 0.05) is 31.9 Å². The highest BCUT2D eigenvalue weighted by Gasteiger charge is 2.17. The summed E-state index contributed by atoms with van der Waals surface area (Å²) in [6.45, 7) is 10.7. The molecule has 0 aliphatic carbocycles. The smallest absolute Gasteiger partial charge is 0.410 e. The van der Waals surface area contributed by atoms with Gasteiger partial charge in [-0.2, -0.15) is 0 Å². The highest BCUT2D eigenvalue weighted by molar-refractivity contribution is 5.68. The van der Waals surface area contributed by atoms with E-state index in [2.05, 4.69) is 11.9 Å². The molecule has 1 amide bonds. The maximum Gasteiger partial charge on any atom is 0.410 e. The number of hydrogen-bond acceptors (Lipinski definition) is 4. The van der Waals surface area contributed by atoms with Gasteiger partial charge in [0.05, 0.1) is 0 Å². The predicted molar refractivity (Wildman–Crippen MR) is 76.6 cm³/mol. The van der Waals surface area contributed by atoms with Crippen LogP contribution in [0.5, 0.6) is 0 Å². The van der Waals surface area contributed by atoms with E-state index >= 15 is 0 Å². The lowest BCUT2D eigenvalue weighted by Crippen LogP contribution is -2.46. The maximum atomic E-state index is 11.8. The highest BCUT2D eigenvalue weighted by atomic mass is 16.6. The van der Waals surface area contributed by atoms with Crippen LogP contribution >= 0.6 is 0 Å². The van der Waals surface area contributed by atoms with Gasteiger partial charge in [0.15, 0.2) is 0 Å². The number of ether oxygens (including phenoxy) is 1. The van der Waals surface area contributed by atoms with Gasteiger partial charge in [-0.3, -0.25) is 0 Å². The molecular weight excluding hydrogens is 242 g/mol. The van der Waals surface area contributed by atoms with E-state index in [1.54, 1.807) is 17.9 Å². The van der Waals surface area contributed by atoms with Crippen LogP contribution in [0.3, 0.4) is 0 Å². The van der Waals surface area contributed by atoms with Crippen LogP contribution in [0.4, 0.5) is 4.79 Å². The molecule has 0 spiro atoms. The second-order valence-corrected chi connectivity index (χ2v) is 4.75. The minimum absolute atomic E-state index is 0.212. The second kappa shape index (κ2) is 7.63. The Balaban J connectivity index is 2.53. The third-order valence-corrected chi connectivity index (χ3v) is 2.58. The van der Waals surface area contributed by atoms with Gasteiger partial charge in [0.25, 0.3) is 0 Å². The maximum absolute atomic E-state index is 11.8. The van der Waals surface area contributed by atoms with Crippen molar-refractivity contribution in [1.82, 2.24) is 10.2 Å². The van der Waals surface area contributed by atoms with E-state index < -0.39 is 0 Å². The summed E-state index contributed by atoms with van der Waals surface area (Å²) in [6, 6.07) is 0. The fourth-order valence-electron chi connectivity index (χ4n) is 1.82. The average molecular weight is 265 g/mol. The van der Waals surface area contributed by atoms with E-state index in [-0.39, 0.29) is 12.7 Å². The fraction of sp³-hybridized carbons (Fsp3) is 0.500. The molecule has 1 saturated heterocycles. The van der Waals surface area contributed by atoms with Crippen LogP contribution < -0.4 is 11.1 Å². The van der Waals surface area contributed by atoms with Crippen LogP contribution in [-0.2, 0) is 4.74 Å². The molecule has 0 radical (unpaired) electrons. The molecule has 0 bridgehead atoms. The third-order valence-electron chi connectivity index (χ3n) is 2.58. The van der Waals surface area contributed by atoms with Gasteiger partial charge in [-0.25, -0.2) is 4.79 Å². The lowest BCUT2D eigenvalue weighted by atomic mass is 10.1. The fourth-order valence-corrected chi connectivity index (χ4v) is 1.82. The minimum Gasteiger partial charge on any atom is -0.445 e. The minimum atomic E-state index is -0.280. The van der Waals surface area contributed by atoms with Crippen molar-refractivity contribution < 1.29 is 9.53 Å². The Morgan fingerprint density at radius 3 is 2.53 bits per heavy atom. The van der Waals surface area contributed by atoms with Gasteiger partial charge < -0.3 is 20.7 Å². The van der Waals surface area contributed by atoms with Gasteiger partial charge >= 0.3 is 6.09 Å². The van der Waals surface area contributed by atoms with Crippen LogP contribution in [0.25, 0.3) is 0 Å². The SMILES string of the molecule is C=C(C)/C=C(\C=C(\C)N)COC(=O)N1CCNCC1. The Hall–Kier alpha value is -1.75. The van der Waals surface area contributed by atoms with Gasteiger partial charge in [-0.05, 0) is 25.5 Å². The van der Waals surface area contributed by atoms with E-state index in [0.717, 1.165) is 24.2 Å². The van der Waals surface area contributed by atoms with Gasteiger partial charge in [0.2, 0.25) is 0 Å². The molecule has 0 aromatic carbocycles. The zero-order valence-corrected chi connectivity index (χ0v) is 11.7. The Labute approximate surface area is 114 Å². The number of carbonyl (C=O) groups is 1. The van der Waals surface area contributed by atoms with Crippen LogP contribution in [0.15, 0.2) is 35.6 Å². The number of carbonyl (C=O) groups excluding carboxylic acids is 1. The van der Waals surface area contributed by atoms with Crippen molar-refractivity contribution in [2.24, 2.45) is 5.73 Å². The summed E-state index contributed by atoms with van der Waals surface area (Å²) in [5.41, 5.74) is 8.06. The summed E-state index contributed by atoms with van der Waals surface area (Å²) in [5.74, 6) is 0. The predicted octanol–water partition coefficient (Wildman–Crippen LogP) is 1.39. The summed E-state index contributed by atoms with van der Waals surface area (Å²) >= 11 is 0. The lowest BCUT2D eigenvalue weighted by Gasteiger charge is -2.26. The first-order chi connectivity index (χ1) is 8.99. The van der Waals surface area contributed by atoms with Crippen LogP contribution in [0, 0.1) is 0 Å². The van der Waals surface area contributed by atoms with Crippen molar-refractivity contribution in [2.45, 2.75) is 13.8 Å². The summed E-state index contributed by atoms with van der Waals surface area (Å²) in [6.07, 6.45) is 3.37. The summed E-state index contributed by atoms with van der Waals surface area (Å²) in [5, 5.41) is 3.19. The molecular formula is C14H23N3O2. The monoisotopic (exact) mass is 265 g/mol. The molecule has 5 nitrogen and oxygen atoms in total. The highest BCUT2D eigenvalue weighted by Crippen LogP contribution is 2.06. The molecule has 0 aromatic rings. The van der Waals surface area contributed by atoms with Crippen LogP contribution in [0.2, 0.25) is 0 Å². The molecule has 0 saturated carbocycles. The molecule has 1 aliphatic heterocycles. The molecule has 1 aliphatic rings. The quantitative estimate of drug-likeness (QED) is 0.754. The van der Waals surface area contributed by atoms with Crippen molar-refractivity contribution in [1.29, 1.82) is 0 Å². The lowest BCUT2D eigenvalue weighted by molar-refractivity contribution is 0.106. The van der Waals surface area contributed by atoms with Crippen molar-refractivity contribution in [3.8, 4) is 0 Å². The molecule has 1 heterocycles. The Morgan fingerprint density at radius 2 is 2.00 bits per heavy atom. The Bertz CT molecular complexity index is 389. The number of nitrogens with two attached hydrogens (primary N) is 1. The Morgan fingerprint density at radius 1 is 1.37 bits per heavy atom. The average Bonchev–Trinajstić information content (AvgIpc) is 2.35. The summed E-state index contributed by atoms with van der Waals surface area (Å²) in [4.78, 5) is 13.6. The number of nitrogens with one attached hydrogen (secondary N) is 1. The number of hydrogen-bond donors (Lipinski definition) is 2. The molecule has 0 atom stereocenters. The van der Waals surface area contributed by atoms with Gasteiger partial charge in [0.1, 0.15) is 6.61 Å². The van der Waals surface area contributed by atoms with Gasteiger partial charge in [-0.1, -0.05) is 18.2 Å². The number of amides is 1. The van der Waals surface area contributed by atoms with E-state index in [1.807, 2.05) is 13.0 Å². The van der Waals surface area contributed by atoms with Crippen LogP contribution in [-0.4, -0.2) is 43.8 Å². The van der Waals surface area contributed by atoms with Crippen molar-refractivity contribution in [3.63, 3.8) is 0 Å². The van der Waals surface area contributed by atoms with Crippen molar-refractivity contribution in [3.05, 3.63) is 35.6 Å². The third kappa shape index (κ3) is 6.10. The second-order valence-electron chi connectivity index (χ2n) is 4.75. The first-order valence-corrected chi connectivity index (χ1v) is 6.41. The topological polar surface area (TPSA) is 67.6 Å². The van der Waals surface area contributed by atoms with E-state index in [1.165, 1.54) is 0 Å². The molecule has 3 N–H and O–H groups in total. The normalized spacial score (nSPS) is 17.3. The zero-order valence-electron chi connectivity index (χ0n) is 11.7. The number of piperazine rings is 1. The molecule has 1 fully saturated rings. The zero-order chi connectivity index (χ0) is 14.3. The van der Waals surface area contributed by atoms with E-state index in [9.17, 15) is 4.79 Å². The summed E-state index contributed by atoms with van der Waals surface area (Å²) in [7, 11) is 0. The van der Waals surface area contributed by atoms with Gasteiger partial charge in [-0.15, -0.1) is 0 Å². The van der Waals surface area contributed by atoms with E-state index in [4.69, 9.17) is 10.5 Å². The largest absolute Gasteiger partial charge is 0.445 e.